The van der Waals surface area contributed by atoms with Crippen LogP contribution in [0.5, 0.6) is 0 Å². The summed E-state index contributed by atoms with van der Waals surface area (Å²) in [5, 5.41) is 24.7. The number of rotatable bonds is 3. The molecular formula is C18H12N6O2. The predicted octanol–water partition coefficient (Wildman–Crippen LogP) is 3.26. The zero-order valence-electron chi connectivity index (χ0n) is 13.7. The Kier molecular flexibility index (Phi) is 3.48. The molecule has 8 nitrogen and oxygen atoms in total. The maximum Gasteiger partial charge on any atom is 0.269 e. The van der Waals surface area contributed by atoms with Crippen LogP contribution >= 0.6 is 0 Å². The lowest BCUT2D eigenvalue weighted by Gasteiger charge is -1.97. The first-order valence-corrected chi connectivity index (χ1v) is 7.77. The summed E-state index contributed by atoms with van der Waals surface area (Å²) < 4.78 is 3.43. The third-order valence-corrected chi connectivity index (χ3v) is 4.11. The van der Waals surface area contributed by atoms with Crippen molar-refractivity contribution in [2.75, 3.05) is 0 Å². The molecule has 8 heteroatoms. The Morgan fingerprint density at radius 1 is 1.19 bits per heavy atom. The fourth-order valence-electron chi connectivity index (χ4n) is 2.88. The van der Waals surface area contributed by atoms with Gasteiger partial charge in [0.1, 0.15) is 11.8 Å². The zero-order valence-corrected chi connectivity index (χ0v) is 13.7. The van der Waals surface area contributed by atoms with Gasteiger partial charge >= 0.3 is 0 Å². The standard InChI is InChI=1S/C18H12N6O2/c1-12-17(10-19)22-15-4-2-3-5-16(15)23(18(22)21-12)20-11-13-6-8-14(9-7-13)24(25)26/h2-9,11H,1H3. The van der Waals surface area contributed by atoms with Gasteiger partial charge in [-0.05, 0) is 36.8 Å². The quantitative estimate of drug-likeness (QED) is 0.323. The molecule has 0 spiro atoms. The van der Waals surface area contributed by atoms with E-state index in [1.165, 1.54) is 12.1 Å². The molecule has 0 saturated heterocycles. The summed E-state index contributed by atoms with van der Waals surface area (Å²) in [7, 11) is 0. The fraction of sp³-hybridized carbons (Fsp3) is 0.0556. The molecule has 0 unspecified atom stereocenters. The molecular weight excluding hydrogens is 332 g/mol. The maximum atomic E-state index is 10.7. The van der Waals surface area contributed by atoms with Gasteiger partial charge in [-0.15, -0.1) is 0 Å². The first-order valence-electron chi connectivity index (χ1n) is 7.77. The van der Waals surface area contributed by atoms with Crippen LogP contribution in [-0.2, 0) is 0 Å². The fourth-order valence-corrected chi connectivity index (χ4v) is 2.88. The van der Waals surface area contributed by atoms with Crippen LogP contribution in [0.3, 0.4) is 0 Å². The number of hydrogen-bond acceptors (Lipinski definition) is 5. The highest BCUT2D eigenvalue weighted by Gasteiger charge is 2.17. The topological polar surface area (TPSA) is 102 Å². The van der Waals surface area contributed by atoms with Crippen molar-refractivity contribution in [3.63, 3.8) is 0 Å². The van der Waals surface area contributed by atoms with E-state index in [0.29, 0.717) is 17.2 Å². The molecule has 0 radical (unpaired) electrons. The Morgan fingerprint density at radius 3 is 2.54 bits per heavy atom. The summed E-state index contributed by atoms with van der Waals surface area (Å²) in [6, 6.07) is 15.9. The van der Waals surface area contributed by atoms with Gasteiger partial charge in [0.05, 0.1) is 27.9 Å². The second kappa shape index (κ2) is 5.82. The monoisotopic (exact) mass is 344 g/mol. The lowest BCUT2D eigenvalue weighted by molar-refractivity contribution is -0.384. The highest BCUT2D eigenvalue weighted by Crippen LogP contribution is 2.23. The van der Waals surface area contributed by atoms with Gasteiger partial charge in [-0.3, -0.25) is 14.5 Å². The van der Waals surface area contributed by atoms with Crippen LogP contribution in [0.1, 0.15) is 17.0 Å². The van der Waals surface area contributed by atoms with E-state index in [9.17, 15) is 15.4 Å². The van der Waals surface area contributed by atoms with Crippen molar-refractivity contribution in [3.8, 4) is 6.07 Å². The number of imidazole rings is 2. The molecule has 0 bridgehead atoms. The van der Waals surface area contributed by atoms with Gasteiger partial charge in [0.25, 0.3) is 5.69 Å². The van der Waals surface area contributed by atoms with Gasteiger partial charge in [0.15, 0.2) is 0 Å². The molecule has 26 heavy (non-hydrogen) atoms. The molecule has 126 valence electrons. The molecule has 0 atom stereocenters. The highest BCUT2D eigenvalue weighted by atomic mass is 16.6. The van der Waals surface area contributed by atoms with Crippen molar-refractivity contribution < 1.29 is 4.92 Å². The van der Waals surface area contributed by atoms with Gasteiger partial charge in [0, 0.05) is 12.1 Å². The maximum absolute atomic E-state index is 10.7. The Labute approximate surface area is 147 Å². The van der Waals surface area contributed by atoms with Crippen LogP contribution in [0.15, 0.2) is 53.6 Å². The molecule has 2 heterocycles. The number of benzene rings is 2. The minimum absolute atomic E-state index is 0.0264. The van der Waals surface area contributed by atoms with E-state index >= 15 is 0 Å². The number of fused-ring (bicyclic) bond motifs is 3. The molecule has 0 fully saturated rings. The minimum Gasteiger partial charge on any atom is -0.266 e. The van der Waals surface area contributed by atoms with Gasteiger partial charge in [-0.1, -0.05) is 12.1 Å². The van der Waals surface area contributed by atoms with Crippen molar-refractivity contribution in [2.45, 2.75) is 6.92 Å². The molecule has 0 N–H and O–H groups in total. The second-order valence-electron chi connectivity index (χ2n) is 5.69. The Hall–Kier alpha value is -3.99. The van der Waals surface area contributed by atoms with E-state index in [4.69, 9.17) is 0 Å². The molecule has 0 aliphatic rings. The van der Waals surface area contributed by atoms with Crippen LogP contribution in [0.25, 0.3) is 16.8 Å². The van der Waals surface area contributed by atoms with Gasteiger partial charge in [-0.25, -0.2) is 4.98 Å². The van der Waals surface area contributed by atoms with Crippen molar-refractivity contribution >= 4 is 28.7 Å². The van der Waals surface area contributed by atoms with E-state index < -0.39 is 4.92 Å². The van der Waals surface area contributed by atoms with E-state index in [1.807, 2.05) is 24.3 Å². The van der Waals surface area contributed by atoms with Crippen molar-refractivity contribution in [2.24, 2.45) is 5.10 Å². The normalized spacial score (nSPS) is 11.4. The lowest BCUT2D eigenvalue weighted by atomic mass is 10.2. The van der Waals surface area contributed by atoms with Crippen LogP contribution in [0, 0.1) is 28.4 Å². The number of hydrogen-bond donors (Lipinski definition) is 0. The van der Waals surface area contributed by atoms with Crippen LogP contribution in [0.2, 0.25) is 0 Å². The zero-order chi connectivity index (χ0) is 18.3. The van der Waals surface area contributed by atoms with Crippen LogP contribution in [0.4, 0.5) is 5.69 Å². The predicted molar refractivity (Wildman–Crippen MR) is 96.2 cm³/mol. The molecule has 2 aromatic carbocycles. The SMILES string of the molecule is Cc1nc2n(N=Cc3ccc([N+](=O)[O-])cc3)c3ccccc3n2c1C#N. The second-order valence-corrected chi connectivity index (χ2v) is 5.69. The third-order valence-electron chi connectivity index (χ3n) is 4.11. The first kappa shape index (κ1) is 15.5. The first-order chi connectivity index (χ1) is 12.6. The smallest absolute Gasteiger partial charge is 0.266 e. The molecule has 4 rings (SSSR count). The minimum atomic E-state index is -0.444. The lowest BCUT2D eigenvalue weighted by Crippen LogP contribution is -1.93. The molecule has 4 aromatic rings. The van der Waals surface area contributed by atoms with Crippen molar-refractivity contribution in [1.29, 1.82) is 5.26 Å². The van der Waals surface area contributed by atoms with Crippen LogP contribution < -0.4 is 0 Å². The summed E-state index contributed by atoms with van der Waals surface area (Å²) in [6.45, 7) is 1.78. The summed E-state index contributed by atoms with van der Waals surface area (Å²) >= 11 is 0. The number of non-ortho nitro benzene ring substituents is 1. The number of nitro groups is 1. The Bertz CT molecular complexity index is 1220. The molecule has 2 aromatic heterocycles. The average Bonchev–Trinajstić information content (AvgIpc) is 3.13. The summed E-state index contributed by atoms with van der Waals surface area (Å²) in [4.78, 5) is 14.8. The van der Waals surface area contributed by atoms with Gasteiger partial charge < -0.3 is 0 Å². The van der Waals surface area contributed by atoms with E-state index in [2.05, 4.69) is 16.2 Å². The number of aromatic nitrogens is 3. The van der Waals surface area contributed by atoms with Gasteiger partial charge in [0.2, 0.25) is 5.78 Å². The van der Waals surface area contributed by atoms with Crippen LogP contribution in [-0.4, -0.2) is 25.2 Å². The third kappa shape index (κ3) is 2.31. The number of nitriles is 1. The number of nitrogens with zero attached hydrogens (tertiary/aromatic N) is 6. The number of aryl methyl sites for hydroxylation is 1. The number of nitro benzene ring substituents is 1. The molecule has 0 amide bonds. The van der Waals surface area contributed by atoms with E-state index in [0.717, 1.165) is 16.6 Å². The van der Waals surface area contributed by atoms with E-state index in [-0.39, 0.29) is 5.69 Å². The largest absolute Gasteiger partial charge is 0.269 e. The average molecular weight is 344 g/mol. The van der Waals surface area contributed by atoms with E-state index in [1.54, 1.807) is 34.3 Å². The van der Waals surface area contributed by atoms with Gasteiger partial charge in [-0.2, -0.15) is 15.0 Å². The summed E-state index contributed by atoms with van der Waals surface area (Å²) in [6.07, 6.45) is 1.60. The molecule has 0 aliphatic heterocycles. The molecule has 0 aliphatic carbocycles. The Balaban J connectivity index is 1.87. The highest BCUT2D eigenvalue weighted by molar-refractivity contribution is 5.85. The summed E-state index contributed by atoms with van der Waals surface area (Å²) in [5.41, 5.74) is 3.49. The summed E-state index contributed by atoms with van der Waals surface area (Å²) in [5.74, 6) is 0.540. The number of para-hydroxylation sites is 2. The Morgan fingerprint density at radius 2 is 1.88 bits per heavy atom. The molecule has 0 saturated carbocycles. The van der Waals surface area contributed by atoms with Crippen molar-refractivity contribution in [3.05, 3.63) is 75.6 Å². The van der Waals surface area contributed by atoms with Crippen molar-refractivity contribution in [1.82, 2.24) is 14.1 Å².